The Morgan fingerprint density at radius 1 is 1.50 bits per heavy atom. The van der Waals surface area contributed by atoms with Gasteiger partial charge in [0, 0.05) is 5.02 Å². The van der Waals surface area contributed by atoms with Crippen LogP contribution in [-0.4, -0.2) is 23.3 Å². The molecule has 2 aromatic rings. The van der Waals surface area contributed by atoms with E-state index in [9.17, 15) is 0 Å². The van der Waals surface area contributed by atoms with Gasteiger partial charge in [-0.05, 0) is 44.5 Å². The maximum atomic E-state index is 6.05. The molecular weight excluding hydrogens is 278 g/mol. The van der Waals surface area contributed by atoms with Crippen LogP contribution >= 0.6 is 11.6 Å². The van der Waals surface area contributed by atoms with E-state index in [1.54, 1.807) is 12.1 Å². The van der Waals surface area contributed by atoms with Gasteiger partial charge in [-0.3, -0.25) is 0 Å². The Morgan fingerprint density at radius 2 is 2.40 bits per heavy atom. The molecule has 106 valence electrons. The van der Waals surface area contributed by atoms with Gasteiger partial charge in [-0.2, -0.15) is 4.98 Å². The number of rotatable bonds is 4. The summed E-state index contributed by atoms with van der Waals surface area (Å²) in [6.07, 6.45) is 2.15. The molecule has 1 aliphatic rings. The Bertz CT molecular complexity index is 594. The second-order valence-electron chi connectivity index (χ2n) is 4.68. The van der Waals surface area contributed by atoms with Gasteiger partial charge < -0.3 is 14.6 Å². The quantitative estimate of drug-likeness (QED) is 0.938. The Hall–Kier alpha value is -1.59. The zero-order valence-electron chi connectivity index (χ0n) is 11.2. The molecule has 0 aliphatic carbocycles. The summed E-state index contributed by atoms with van der Waals surface area (Å²) in [6, 6.07) is 5.56. The van der Waals surface area contributed by atoms with Crippen molar-refractivity contribution >= 4 is 11.6 Å². The molecule has 1 aliphatic heterocycles. The fraction of sp³-hybridized carbons (Fsp3) is 0.429. The highest BCUT2D eigenvalue weighted by Gasteiger charge is 2.23. The van der Waals surface area contributed by atoms with E-state index >= 15 is 0 Å². The average molecular weight is 294 g/mol. The zero-order valence-corrected chi connectivity index (χ0v) is 12.0. The van der Waals surface area contributed by atoms with E-state index in [0.29, 0.717) is 29.1 Å². The van der Waals surface area contributed by atoms with E-state index < -0.39 is 0 Å². The molecule has 3 rings (SSSR count). The fourth-order valence-electron chi connectivity index (χ4n) is 2.34. The van der Waals surface area contributed by atoms with Gasteiger partial charge >= 0.3 is 0 Å². The average Bonchev–Trinajstić information content (AvgIpc) is 3.11. The number of halogens is 1. The van der Waals surface area contributed by atoms with Gasteiger partial charge in [0.05, 0.1) is 18.2 Å². The van der Waals surface area contributed by atoms with Crippen molar-refractivity contribution in [2.24, 2.45) is 0 Å². The van der Waals surface area contributed by atoms with Crippen molar-refractivity contribution in [3.05, 3.63) is 29.1 Å². The minimum atomic E-state index is 0.158. The molecule has 6 heteroatoms. The van der Waals surface area contributed by atoms with Gasteiger partial charge in [0.15, 0.2) is 0 Å². The lowest BCUT2D eigenvalue weighted by Gasteiger charge is -2.07. The lowest BCUT2D eigenvalue weighted by atomic mass is 10.2. The second-order valence-corrected chi connectivity index (χ2v) is 5.12. The molecule has 1 N–H and O–H groups in total. The SMILES string of the molecule is CCOc1ccc(Cl)cc1-c1noc(C2CCCN2)n1. The molecule has 1 fully saturated rings. The van der Waals surface area contributed by atoms with Crippen LogP contribution < -0.4 is 10.1 Å². The van der Waals surface area contributed by atoms with Crippen LogP contribution in [0.5, 0.6) is 5.75 Å². The molecule has 0 bridgehead atoms. The summed E-state index contributed by atoms with van der Waals surface area (Å²) in [5.41, 5.74) is 0.757. The first-order valence-electron chi connectivity index (χ1n) is 6.77. The minimum absolute atomic E-state index is 0.158. The van der Waals surface area contributed by atoms with Crippen molar-refractivity contribution in [3.8, 4) is 17.1 Å². The molecule has 2 heterocycles. The van der Waals surface area contributed by atoms with Crippen LogP contribution in [0.25, 0.3) is 11.4 Å². The van der Waals surface area contributed by atoms with E-state index in [1.807, 2.05) is 13.0 Å². The van der Waals surface area contributed by atoms with Crippen LogP contribution in [0.1, 0.15) is 31.7 Å². The third kappa shape index (κ3) is 2.64. The van der Waals surface area contributed by atoms with Crippen molar-refractivity contribution in [1.29, 1.82) is 0 Å². The fourth-order valence-corrected chi connectivity index (χ4v) is 2.51. The monoisotopic (exact) mass is 293 g/mol. The number of aromatic nitrogens is 2. The number of nitrogens with one attached hydrogen (secondary N) is 1. The smallest absolute Gasteiger partial charge is 0.244 e. The molecule has 1 aromatic carbocycles. The topological polar surface area (TPSA) is 60.2 Å². The predicted octanol–water partition coefficient (Wildman–Crippen LogP) is 3.21. The number of hydrogen-bond acceptors (Lipinski definition) is 5. The molecule has 5 nitrogen and oxygen atoms in total. The zero-order chi connectivity index (χ0) is 13.9. The van der Waals surface area contributed by atoms with E-state index in [-0.39, 0.29) is 6.04 Å². The molecule has 0 amide bonds. The summed E-state index contributed by atoms with van der Waals surface area (Å²) in [6.45, 7) is 3.50. The van der Waals surface area contributed by atoms with Gasteiger partial charge in [0.1, 0.15) is 5.75 Å². The van der Waals surface area contributed by atoms with Crippen LogP contribution in [0.15, 0.2) is 22.7 Å². The summed E-state index contributed by atoms with van der Waals surface area (Å²) in [5, 5.41) is 8.00. The van der Waals surface area contributed by atoms with Crippen LogP contribution in [0.3, 0.4) is 0 Å². The molecule has 20 heavy (non-hydrogen) atoms. The van der Waals surface area contributed by atoms with Gasteiger partial charge in [0.2, 0.25) is 11.7 Å². The van der Waals surface area contributed by atoms with Crippen LogP contribution in [0, 0.1) is 0 Å². The van der Waals surface area contributed by atoms with Crippen LogP contribution in [-0.2, 0) is 0 Å². The number of benzene rings is 1. The maximum Gasteiger partial charge on any atom is 0.244 e. The highest BCUT2D eigenvalue weighted by atomic mass is 35.5. The molecule has 0 radical (unpaired) electrons. The van der Waals surface area contributed by atoms with Crippen LogP contribution in [0.2, 0.25) is 5.02 Å². The molecular formula is C14H16ClN3O2. The third-order valence-corrected chi connectivity index (χ3v) is 3.52. The van der Waals surface area contributed by atoms with Crippen LogP contribution in [0.4, 0.5) is 0 Å². The highest BCUT2D eigenvalue weighted by Crippen LogP contribution is 2.32. The lowest BCUT2D eigenvalue weighted by Crippen LogP contribution is -2.12. The Labute approximate surface area is 122 Å². The lowest BCUT2D eigenvalue weighted by molar-refractivity contribution is 0.338. The van der Waals surface area contributed by atoms with Crippen molar-refractivity contribution in [2.45, 2.75) is 25.8 Å². The molecule has 1 unspecified atom stereocenters. The van der Waals surface area contributed by atoms with Gasteiger partial charge in [-0.15, -0.1) is 0 Å². The molecule has 1 saturated heterocycles. The second kappa shape index (κ2) is 5.81. The largest absolute Gasteiger partial charge is 0.493 e. The summed E-state index contributed by atoms with van der Waals surface area (Å²) < 4.78 is 10.9. The number of hydrogen-bond donors (Lipinski definition) is 1. The third-order valence-electron chi connectivity index (χ3n) is 3.28. The first-order valence-corrected chi connectivity index (χ1v) is 7.15. The van der Waals surface area contributed by atoms with E-state index in [1.165, 1.54) is 0 Å². The summed E-state index contributed by atoms with van der Waals surface area (Å²) in [4.78, 5) is 4.47. The van der Waals surface area contributed by atoms with E-state index in [4.69, 9.17) is 20.9 Å². The molecule has 1 atom stereocenters. The normalized spacial score (nSPS) is 18.4. The highest BCUT2D eigenvalue weighted by molar-refractivity contribution is 6.30. The summed E-state index contributed by atoms with van der Waals surface area (Å²) in [7, 11) is 0. The maximum absolute atomic E-state index is 6.05. The van der Waals surface area contributed by atoms with Crippen molar-refractivity contribution in [3.63, 3.8) is 0 Å². The van der Waals surface area contributed by atoms with Gasteiger partial charge in [-0.1, -0.05) is 16.8 Å². The van der Waals surface area contributed by atoms with E-state index in [2.05, 4.69) is 15.5 Å². The Balaban J connectivity index is 1.93. The Morgan fingerprint density at radius 3 is 3.15 bits per heavy atom. The standard InChI is InChI=1S/C14H16ClN3O2/c1-2-19-12-6-5-9(15)8-10(12)13-17-14(20-18-13)11-4-3-7-16-11/h5-6,8,11,16H,2-4,7H2,1H3. The first kappa shape index (κ1) is 13.4. The molecule has 0 saturated carbocycles. The summed E-state index contributed by atoms with van der Waals surface area (Å²) in [5.74, 6) is 1.85. The molecule has 0 spiro atoms. The van der Waals surface area contributed by atoms with E-state index in [0.717, 1.165) is 24.9 Å². The molecule has 1 aromatic heterocycles. The van der Waals surface area contributed by atoms with Gasteiger partial charge in [-0.25, -0.2) is 0 Å². The Kier molecular flexibility index (Phi) is 3.89. The van der Waals surface area contributed by atoms with Crippen molar-refractivity contribution < 1.29 is 9.26 Å². The van der Waals surface area contributed by atoms with Gasteiger partial charge in [0.25, 0.3) is 0 Å². The minimum Gasteiger partial charge on any atom is -0.493 e. The first-order chi connectivity index (χ1) is 9.78. The summed E-state index contributed by atoms with van der Waals surface area (Å²) >= 11 is 6.05. The number of ether oxygens (including phenoxy) is 1. The number of nitrogens with zero attached hydrogens (tertiary/aromatic N) is 2. The predicted molar refractivity (Wildman–Crippen MR) is 75.9 cm³/mol. The van der Waals surface area contributed by atoms with Crippen molar-refractivity contribution in [2.75, 3.05) is 13.2 Å². The van der Waals surface area contributed by atoms with Crippen molar-refractivity contribution in [1.82, 2.24) is 15.5 Å².